The molecule has 8 nitrogen and oxygen atoms in total. The maximum atomic E-state index is 11.1. The van der Waals surface area contributed by atoms with Crippen molar-refractivity contribution >= 4 is 16.7 Å². The third-order valence-electron chi connectivity index (χ3n) is 6.09. The van der Waals surface area contributed by atoms with Gasteiger partial charge in [-0.15, -0.1) is 0 Å². The van der Waals surface area contributed by atoms with E-state index in [2.05, 4.69) is 27.2 Å². The second kappa shape index (κ2) is 9.20. The van der Waals surface area contributed by atoms with Crippen LogP contribution in [0.1, 0.15) is 25.0 Å². The molecule has 2 heterocycles. The quantitative estimate of drug-likeness (QED) is 0.414. The number of nitrogens with zero attached hydrogens (tertiary/aromatic N) is 4. The van der Waals surface area contributed by atoms with Gasteiger partial charge in [0.1, 0.15) is 11.8 Å². The second-order valence-corrected chi connectivity index (χ2v) is 8.96. The summed E-state index contributed by atoms with van der Waals surface area (Å²) in [6, 6.07) is 19.4. The van der Waals surface area contributed by atoms with Gasteiger partial charge in [0, 0.05) is 30.8 Å². The van der Waals surface area contributed by atoms with Crippen LogP contribution in [-0.2, 0) is 11.3 Å². The molecule has 0 amide bonds. The number of likely N-dealkylation sites (tertiary alicyclic amines) is 1. The molecule has 1 aromatic heterocycles. The average molecular weight is 469 g/mol. The predicted molar refractivity (Wildman–Crippen MR) is 130 cm³/mol. The van der Waals surface area contributed by atoms with Crippen molar-refractivity contribution in [2.24, 2.45) is 5.92 Å². The van der Waals surface area contributed by atoms with E-state index in [1.807, 2.05) is 44.2 Å². The number of carboxylic acids is 1. The fourth-order valence-electron chi connectivity index (χ4n) is 4.35. The van der Waals surface area contributed by atoms with Crippen LogP contribution in [0.4, 0.5) is 0 Å². The van der Waals surface area contributed by atoms with Crippen LogP contribution >= 0.6 is 0 Å². The van der Waals surface area contributed by atoms with E-state index in [4.69, 9.17) is 14.4 Å². The van der Waals surface area contributed by atoms with Gasteiger partial charge >= 0.3 is 5.97 Å². The smallest absolute Gasteiger partial charge is 0.309 e. The topological polar surface area (TPSA) is 112 Å². The fourth-order valence-corrected chi connectivity index (χ4v) is 4.35. The van der Waals surface area contributed by atoms with Crippen molar-refractivity contribution in [2.45, 2.75) is 26.5 Å². The van der Waals surface area contributed by atoms with Crippen LogP contribution in [0, 0.1) is 17.2 Å². The van der Waals surface area contributed by atoms with Gasteiger partial charge < -0.3 is 14.4 Å². The summed E-state index contributed by atoms with van der Waals surface area (Å²) in [5.41, 5.74) is 3.01. The lowest BCUT2D eigenvalue weighted by Crippen LogP contribution is -2.49. The van der Waals surface area contributed by atoms with Crippen LogP contribution in [0.2, 0.25) is 0 Å². The van der Waals surface area contributed by atoms with Crippen molar-refractivity contribution in [1.82, 2.24) is 15.0 Å². The Balaban J connectivity index is 1.44. The van der Waals surface area contributed by atoms with E-state index < -0.39 is 5.97 Å². The average Bonchev–Trinajstić information content (AvgIpc) is 3.30. The Hall–Kier alpha value is -4.22. The van der Waals surface area contributed by atoms with E-state index in [0.717, 1.165) is 21.9 Å². The van der Waals surface area contributed by atoms with Crippen molar-refractivity contribution in [3.05, 3.63) is 65.7 Å². The standard InChI is InChI=1S/C27H24N4O4/c1-16(2)34-24-10-8-17(11-19(24)12-28)26-29-25(30-35-26)23-9-7-18(21-5-3-4-6-22(21)23)13-31-14-20(15-31)27(32)33/h3-11,16,20H,13-15H2,1-2H3,(H,32,33). The second-order valence-electron chi connectivity index (χ2n) is 8.96. The highest BCUT2D eigenvalue weighted by molar-refractivity contribution is 5.97. The van der Waals surface area contributed by atoms with Crippen molar-refractivity contribution in [1.29, 1.82) is 5.26 Å². The Morgan fingerprint density at radius 2 is 1.97 bits per heavy atom. The first-order chi connectivity index (χ1) is 16.9. The molecule has 176 valence electrons. The summed E-state index contributed by atoms with van der Waals surface area (Å²) in [5.74, 6) is 0.272. The molecule has 1 saturated heterocycles. The maximum Gasteiger partial charge on any atom is 0.309 e. The van der Waals surface area contributed by atoms with Crippen LogP contribution < -0.4 is 4.74 Å². The zero-order valence-corrected chi connectivity index (χ0v) is 19.4. The molecule has 0 radical (unpaired) electrons. The Morgan fingerprint density at radius 3 is 2.69 bits per heavy atom. The molecule has 4 aromatic rings. The van der Waals surface area contributed by atoms with Gasteiger partial charge in [0.25, 0.3) is 5.89 Å². The lowest BCUT2D eigenvalue weighted by molar-refractivity contribution is -0.147. The van der Waals surface area contributed by atoms with E-state index in [9.17, 15) is 10.1 Å². The molecular weight excluding hydrogens is 444 g/mol. The lowest BCUT2D eigenvalue weighted by Gasteiger charge is -2.36. The van der Waals surface area contributed by atoms with Crippen molar-refractivity contribution in [3.8, 4) is 34.7 Å². The van der Waals surface area contributed by atoms with Gasteiger partial charge in [0.05, 0.1) is 17.6 Å². The minimum absolute atomic E-state index is 0.0427. The van der Waals surface area contributed by atoms with Crippen LogP contribution in [0.25, 0.3) is 33.6 Å². The third-order valence-corrected chi connectivity index (χ3v) is 6.09. The summed E-state index contributed by atoms with van der Waals surface area (Å²) in [6.07, 6.45) is -0.0427. The number of ether oxygens (including phenoxy) is 1. The first-order valence-corrected chi connectivity index (χ1v) is 11.4. The molecule has 1 aliphatic heterocycles. The molecule has 35 heavy (non-hydrogen) atoms. The highest BCUT2D eigenvalue weighted by Gasteiger charge is 2.32. The van der Waals surface area contributed by atoms with Crippen LogP contribution in [0.3, 0.4) is 0 Å². The summed E-state index contributed by atoms with van der Waals surface area (Å²) < 4.78 is 11.3. The molecule has 0 bridgehead atoms. The van der Waals surface area contributed by atoms with Gasteiger partial charge in [-0.3, -0.25) is 9.69 Å². The van der Waals surface area contributed by atoms with Gasteiger partial charge in [-0.25, -0.2) is 0 Å². The minimum Gasteiger partial charge on any atom is -0.490 e. The number of hydrogen-bond donors (Lipinski definition) is 1. The van der Waals surface area contributed by atoms with Crippen molar-refractivity contribution in [3.63, 3.8) is 0 Å². The largest absolute Gasteiger partial charge is 0.490 e. The molecule has 1 fully saturated rings. The number of fused-ring (bicyclic) bond motifs is 1. The first-order valence-electron chi connectivity index (χ1n) is 11.4. The van der Waals surface area contributed by atoms with Gasteiger partial charge in [0.15, 0.2) is 0 Å². The Labute approximate surface area is 202 Å². The summed E-state index contributed by atoms with van der Waals surface area (Å²) in [7, 11) is 0. The number of benzene rings is 3. The monoisotopic (exact) mass is 468 g/mol. The van der Waals surface area contributed by atoms with Crippen molar-refractivity contribution < 1.29 is 19.2 Å². The number of carbonyl (C=O) groups is 1. The summed E-state index contributed by atoms with van der Waals surface area (Å²) in [5, 5.41) is 24.9. The summed E-state index contributed by atoms with van der Waals surface area (Å²) >= 11 is 0. The summed E-state index contributed by atoms with van der Waals surface area (Å²) in [6.45, 7) is 5.62. The number of rotatable bonds is 7. The predicted octanol–water partition coefficient (Wildman–Crippen LogP) is 4.73. The molecule has 1 N–H and O–H groups in total. The van der Waals surface area contributed by atoms with E-state index in [1.165, 1.54) is 0 Å². The normalized spacial score (nSPS) is 14.1. The number of carboxylic acid groups (broad SMARTS) is 1. The number of aliphatic carboxylic acids is 1. The van der Waals surface area contributed by atoms with Gasteiger partial charge in [0.2, 0.25) is 5.82 Å². The van der Waals surface area contributed by atoms with Gasteiger partial charge in [-0.05, 0) is 48.4 Å². The van der Waals surface area contributed by atoms with Crippen LogP contribution in [0.15, 0.2) is 59.1 Å². The molecule has 5 rings (SSSR count). The SMILES string of the molecule is CC(C)Oc1ccc(-c2nc(-c3ccc(CN4CC(C(=O)O)C4)c4ccccc34)no2)cc1C#N. The number of hydrogen-bond acceptors (Lipinski definition) is 7. The molecule has 0 spiro atoms. The first kappa shape index (κ1) is 22.6. The zero-order valence-electron chi connectivity index (χ0n) is 19.4. The molecule has 1 aliphatic rings. The highest BCUT2D eigenvalue weighted by atomic mass is 16.5. The molecule has 0 unspecified atom stereocenters. The molecule has 0 saturated carbocycles. The third kappa shape index (κ3) is 4.46. The van der Waals surface area contributed by atoms with E-state index in [-0.39, 0.29) is 12.0 Å². The Kier molecular flexibility index (Phi) is 5.93. The molecule has 8 heteroatoms. The van der Waals surface area contributed by atoms with E-state index in [1.54, 1.807) is 18.2 Å². The Morgan fingerprint density at radius 1 is 1.20 bits per heavy atom. The Bertz CT molecular complexity index is 1450. The van der Waals surface area contributed by atoms with E-state index >= 15 is 0 Å². The lowest BCUT2D eigenvalue weighted by atomic mass is 9.95. The fraction of sp³-hybridized carbons (Fsp3) is 0.259. The van der Waals surface area contributed by atoms with Crippen LogP contribution in [0.5, 0.6) is 5.75 Å². The summed E-state index contributed by atoms with van der Waals surface area (Å²) in [4.78, 5) is 17.9. The van der Waals surface area contributed by atoms with E-state index in [0.29, 0.717) is 48.2 Å². The number of aromatic nitrogens is 2. The molecular formula is C27H24N4O4. The number of nitriles is 1. The molecule has 0 atom stereocenters. The molecule has 0 aliphatic carbocycles. The highest BCUT2D eigenvalue weighted by Crippen LogP contribution is 2.33. The zero-order chi connectivity index (χ0) is 24.5. The minimum atomic E-state index is -0.738. The van der Waals surface area contributed by atoms with Gasteiger partial charge in [-0.2, -0.15) is 10.2 Å². The van der Waals surface area contributed by atoms with Crippen LogP contribution in [-0.4, -0.2) is 45.3 Å². The molecule has 3 aromatic carbocycles. The van der Waals surface area contributed by atoms with Gasteiger partial charge in [-0.1, -0.05) is 41.6 Å². The van der Waals surface area contributed by atoms with Crippen molar-refractivity contribution in [2.75, 3.05) is 13.1 Å². The maximum absolute atomic E-state index is 11.1.